The maximum Gasteiger partial charge on any atom is 0.245 e. The summed E-state index contributed by atoms with van der Waals surface area (Å²) in [6.45, 7) is 3.79. The van der Waals surface area contributed by atoms with Crippen LogP contribution in [0.25, 0.3) is 0 Å². The molecule has 0 radical (unpaired) electrons. The first kappa shape index (κ1) is 13.0. The predicted octanol–water partition coefficient (Wildman–Crippen LogP) is 1.34. The number of amides is 1. The summed E-state index contributed by atoms with van der Waals surface area (Å²) >= 11 is 0. The minimum absolute atomic E-state index is 0.0338. The number of hydrogen-bond donors (Lipinski definition) is 1. The molecule has 1 atom stereocenters. The molecule has 3 rings (SSSR count). The first-order chi connectivity index (χ1) is 9.24. The summed E-state index contributed by atoms with van der Waals surface area (Å²) in [5.74, 6) is 0.321. The Morgan fingerprint density at radius 3 is 2.63 bits per heavy atom. The largest absolute Gasteiger partial charge is 0.377 e. The number of allylic oxidation sites excluding steroid dienone is 1. The van der Waals surface area contributed by atoms with Crippen molar-refractivity contribution in [2.24, 2.45) is 0 Å². The Hall–Kier alpha value is -1.03. The van der Waals surface area contributed by atoms with Gasteiger partial charge in [-0.25, -0.2) is 0 Å². The van der Waals surface area contributed by atoms with E-state index in [9.17, 15) is 4.79 Å². The molecule has 0 bridgehead atoms. The monoisotopic (exact) mass is 263 g/mol. The number of nitrogens with zero attached hydrogens (tertiary/aromatic N) is 2. The molecule has 0 saturated carbocycles. The zero-order chi connectivity index (χ0) is 13.2. The molecule has 106 valence electrons. The lowest BCUT2D eigenvalue weighted by Gasteiger charge is -2.34. The standard InChI is InChI=1S/C15H25N3O/c1-17-7-9-18(10-8-17)15(19)14-11-12-5-3-2-4-6-13(12)16-14/h14,16H,2-11H2,1H3. The van der Waals surface area contributed by atoms with Crippen LogP contribution < -0.4 is 5.32 Å². The molecular weight excluding hydrogens is 238 g/mol. The number of carbonyl (C=O) groups excluding carboxylic acids is 1. The minimum Gasteiger partial charge on any atom is -0.377 e. The summed E-state index contributed by atoms with van der Waals surface area (Å²) in [6, 6.07) is 0.0338. The molecular formula is C15H25N3O. The van der Waals surface area contributed by atoms with Gasteiger partial charge in [0.15, 0.2) is 0 Å². The van der Waals surface area contributed by atoms with Crippen molar-refractivity contribution >= 4 is 5.91 Å². The molecule has 4 nitrogen and oxygen atoms in total. The van der Waals surface area contributed by atoms with Crippen LogP contribution in [-0.4, -0.2) is 55.0 Å². The van der Waals surface area contributed by atoms with Crippen molar-refractivity contribution < 1.29 is 4.79 Å². The van der Waals surface area contributed by atoms with E-state index in [1.54, 1.807) is 0 Å². The molecule has 1 N–H and O–H groups in total. The van der Waals surface area contributed by atoms with E-state index in [-0.39, 0.29) is 6.04 Å². The maximum absolute atomic E-state index is 12.6. The molecule has 1 aliphatic carbocycles. The van der Waals surface area contributed by atoms with Crippen molar-refractivity contribution in [2.45, 2.75) is 44.6 Å². The van der Waals surface area contributed by atoms with E-state index >= 15 is 0 Å². The van der Waals surface area contributed by atoms with Gasteiger partial charge in [0.2, 0.25) is 5.91 Å². The van der Waals surface area contributed by atoms with E-state index in [0.29, 0.717) is 5.91 Å². The van der Waals surface area contributed by atoms with Crippen LogP contribution in [0.15, 0.2) is 11.3 Å². The molecule has 1 unspecified atom stereocenters. The smallest absolute Gasteiger partial charge is 0.245 e. The molecule has 0 aromatic rings. The van der Waals surface area contributed by atoms with E-state index in [4.69, 9.17) is 0 Å². The van der Waals surface area contributed by atoms with Crippen LogP contribution in [0, 0.1) is 0 Å². The van der Waals surface area contributed by atoms with Gasteiger partial charge >= 0.3 is 0 Å². The van der Waals surface area contributed by atoms with Gasteiger partial charge in [0.25, 0.3) is 0 Å². The Labute approximate surface area is 115 Å². The highest BCUT2D eigenvalue weighted by Crippen LogP contribution is 2.31. The number of carbonyl (C=O) groups is 1. The van der Waals surface area contributed by atoms with Gasteiger partial charge in [0, 0.05) is 31.9 Å². The van der Waals surface area contributed by atoms with Crippen LogP contribution in [-0.2, 0) is 4.79 Å². The molecule has 1 saturated heterocycles. The SMILES string of the molecule is CN1CCN(C(=O)C2CC3=C(CCCCC3)N2)CC1. The topological polar surface area (TPSA) is 35.6 Å². The number of hydrogen-bond acceptors (Lipinski definition) is 3. The highest BCUT2D eigenvalue weighted by molar-refractivity contribution is 5.83. The quantitative estimate of drug-likeness (QED) is 0.775. The summed E-state index contributed by atoms with van der Waals surface area (Å²) in [7, 11) is 2.12. The Morgan fingerprint density at radius 1 is 1.11 bits per heavy atom. The maximum atomic E-state index is 12.6. The molecule has 19 heavy (non-hydrogen) atoms. The van der Waals surface area contributed by atoms with Crippen molar-refractivity contribution in [1.82, 2.24) is 15.1 Å². The van der Waals surface area contributed by atoms with E-state index in [2.05, 4.69) is 17.3 Å². The van der Waals surface area contributed by atoms with Gasteiger partial charge in [-0.15, -0.1) is 0 Å². The Kier molecular flexibility index (Phi) is 3.78. The summed E-state index contributed by atoms with van der Waals surface area (Å²) in [6.07, 6.45) is 7.24. The van der Waals surface area contributed by atoms with Crippen molar-refractivity contribution in [2.75, 3.05) is 33.2 Å². The van der Waals surface area contributed by atoms with E-state index in [1.807, 2.05) is 4.90 Å². The fourth-order valence-corrected chi connectivity index (χ4v) is 3.45. The normalized spacial score (nSPS) is 28.9. The van der Waals surface area contributed by atoms with Crippen molar-refractivity contribution in [3.8, 4) is 0 Å². The second-order valence-electron chi connectivity index (χ2n) is 6.17. The summed E-state index contributed by atoms with van der Waals surface area (Å²) in [5.41, 5.74) is 2.93. The predicted molar refractivity (Wildman–Crippen MR) is 75.7 cm³/mol. The van der Waals surface area contributed by atoms with Crippen LogP contribution in [0.4, 0.5) is 0 Å². The van der Waals surface area contributed by atoms with Crippen molar-refractivity contribution in [3.05, 3.63) is 11.3 Å². The highest BCUT2D eigenvalue weighted by Gasteiger charge is 2.32. The van der Waals surface area contributed by atoms with Crippen LogP contribution >= 0.6 is 0 Å². The third-order valence-electron chi connectivity index (χ3n) is 4.74. The molecule has 3 aliphatic rings. The number of likely N-dealkylation sites (N-methyl/N-ethyl adjacent to an activating group) is 1. The fraction of sp³-hybridized carbons (Fsp3) is 0.800. The number of piperazine rings is 1. The van der Waals surface area contributed by atoms with Gasteiger partial charge in [-0.1, -0.05) is 6.42 Å². The van der Waals surface area contributed by atoms with Crippen LogP contribution in [0.5, 0.6) is 0 Å². The molecule has 2 aliphatic heterocycles. The highest BCUT2D eigenvalue weighted by atomic mass is 16.2. The molecule has 1 amide bonds. The van der Waals surface area contributed by atoms with E-state index < -0.39 is 0 Å². The molecule has 2 heterocycles. The first-order valence-electron chi connectivity index (χ1n) is 7.69. The van der Waals surface area contributed by atoms with Crippen LogP contribution in [0.1, 0.15) is 38.5 Å². The minimum atomic E-state index is 0.0338. The van der Waals surface area contributed by atoms with Gasteiger partial charge in [0.1, 0.15) is 6.04 Å². The van der Waals surface area contributed by atoms with Gasteiger partial charge in [-0.3, -0.25) is 4.79 Å². The van der Waals surface area contributed by atoms with Gasteiger partial charge in [0.05, 0.1) is 0 Å². The summed E-state index contributed by atoms with van der Waals surface area (Å²) < 4.78 is 0. The molecule has 0 aromatic heterocycles. The average Bonchev–Trinajstić information content (AvgIpc) is 2.70. The third kappa shape index (κ3) is 2.78. The zero-order valence-corrected chi connectivity index (χ0v) is 12.0. The van der Waals surface area contributed by atoms with Crippen molar-refractivity contribution in [1.29, 1.82) is 0 Å². The van der Waals surface area contributed by atoms with E-state index in [0.717, 1.165) is 39.0 Å². The van der Waals surface area contributed by atoms with Crippen LogP contribution in [0.2, 0.25) is 0 Å². The summed E-state index contributed by atoms with van der Waals surface area (Å²) in [5, 5.41) is 3.52. The number of nitrogens with one attached hydrogen (secondary N) is 1. The van der Waals surface area contributed by atoms with Gasteiger partial charge < -0.3 is 15.1 Å². The molecule has 0 aromatic carbocycles. The fourth-order valence-electron chi connectivity index (χ4n) is 3.45. The van der Waals surface area contributed by atoms with Crippen molar-refractivity contribution in [3.63, 3.8) is 0 Å². The van der Waals surface area contributed by atoms with Gasteiger partial charge in [-0.05, 0) is 44.7 Å². The second kappa shape index (κ2) is 5.53. The Balaban J connectivity index is 1.58. The lowest BCUT2D eigenvalue weighted by Crippen LogP contribution is -2.52. The number of rotatable bonds is 1. The lowest BCUT2D eigenvalue weighted by molar-refractivity contribution is -0.134. The van der Waals surface area contributed by atoms with Gasteiger partial charge in [-0.2, -0.15) is 0 Å². The lowest BCUT2D eigenvalue weighted by atomic mass is 10.0. The molecule has 0 spiro atoms. The second-order valence-corrected chi connectivity index (χ2v) is 6.17. The first-order valence-corrected chi connectivity index (χ1v) is 7.69. The third-order valence-corrected chi connectivity index (χ3v) is 4.74. The molecule has 4 heteroatoms. The molecule has 1 fully saturated rings. The Bertz CT molecular complexity index is 365. The Morgan fingerprint density at radius 2 is 1.84 bits per heavy atom. The average molecular weight is 263 g/mol. The summed E-state index contributed by atoms with van der Waals surface area (Å²) in [4.78, 5) is 16.9. The zero-order valence-electron chi connectivity index (χ0n) is 12.0. The van der Waals surface area contributed by atoms with E-state index in [1.165, 1.54) is 37.0 Å². The van der Waals surface area contributed by atoms with Crippen LogP contribution in [0.3, 0.4) is 0 Å².